The van der Waals surface area contributed by atoms with Crippen LogP contribution in [0, 0.1) is 5.82 Å². The first kappa shape index (κ1) is 26.6. The summed E-state index contributed by atoms with van der Waals surface area (Å²) in [6, 6.07) is 23.8. The molecule has 1 aliphatic rings. The van der Waals surface area contributed by atoms with Crippen molar-refractivity contribution in [3.05, 3.63) is 96.3 Å². The van der Waals surface area contributed by atoms with E-state index >= 15 is 0 Å². The second-order valence-electron chi connectivity index (χ2n) is 9.56. The maximum Gasteiger partial charge on any atom is 0.248 e. The minimum absolute atomic E-state index is 0.0121. The Morgan fingerprint density at radius 2 is 1.62 bits per heavy atom. The average Bonchev–Trinajstić information content (AvgIpc) is 3.61. The number of anilines is 1. The number of rotatable bonds is 9. The van der Waals surface area contributed by atoms with E-state index in [2.05, 4.69) is 15.5 Å². The summed E-state index contributed by atoms with van der Waals surface area (Å²) >= 11 is 1.25. The van der Waals surface area contributed by atoms with Gasteiger partial charge in [-0.1, -0.05) is 85.3 Å². The van der Waals surface area contributed by atoms with Crippen LogP contribution in [-0.2, 0) is 16.6 Å². The van der Waals surface area contributed by atoms with Crippen molar-refractivity contribution >= 4 is 29.3 Å². The molecule has 9 heteroatoms. The molecule has 0 radical (unpaired) electrons. The van der Waals surface area contributed by atoms with Crippen LogP contribution in [0.1, 0.15) is 37.3 Å². The van der Waals surface area contributed by atoms with Gasteiger partial charge >= 0.3 is 0 Å². The smallest absolute Gasteiger partial charge is 0.248 e. The molecular formula is C30H30FN5O2S. The van der Waals surface area contributed by atoms with E-state index in [4.69, 9.17) is 0 Å². The highest BCUT2D eigenvalue weighted by atomic mass is 32.2. The number of nitrogens with one attached hydrogen (secondary N) is 1. The van der Waals surface area contributed by atoms with Crippen molar-refractivity contribution in [3.63, 3.8) is 0 Å². The number of aromatic nitrogens is 3. The van der Waals surface area contributed by atoms with Crippen molar-refractivity contribution in [2.24, 2.45) is 7.05 Å². The summed E-state index contributed by atoms with van der Waals surface area (Å²) in [5, 5.41) is 12.3. The average molecular weight is 544 g/mol. The lowest BCUT2D eigenvalue weighted by molar-refractivity contribution is -0.126. The molecule has 7 nitrogen and oxygen atoms in total. The van der Waals surface area contributed by atoms with Crippen molar-refractivity contribution < 1.29 is 14.0 Å². The van der Waals surface area contributed by atoms with Crippen LogP contribution in [0.15, 0.2) is 90.1 Å². The highest BCUT2D eigenvalue weighted by molar-refractivity contribution is 7.99. The Morgan fingerprint density at radius 3 is 2.28 bits per heavy atom. The fourth-order valence-electron chi connectivity index (χ4n) is 4.92. The Balaban J connectivity index is 1.44. The number of thioether (sulfide) groups is 1. The first-order valence-corrected chi connectivity index (χ1v) is 14.0. The fraction of sp³-hybridized carbons (Fsp3) is 0.267. The summed E-state index contributed by atoms with van der Waals surface area (Å²) in [5.74, 6) is -0.260. The van der Waals surface area contributed by atoms with E-state index in [0.29, 0.717) is 22.2 Å². The summed E-state index contributed by atoms with van der Waals surface area (Å²) in [5.41, 5.74) is 2.05. The van der Waals surface area contributed by atoms with Gasteiger partial charge in [-0.15, -0.1) is 10.2 Å². The highest BCUT2D eigenvalue weighted by Gasteiger charge is 2.34. The minimum Gasteiger partial charge on any atom is -0.351 e. The van der Waals surface area contributed by atoms with E-state index in [1.165, 1.54) is 40.9 Å². The van der Waals surface area contributed by atoms with Crippen LogP contribution in [0.25, 0.3) is 11.4 Å². The van der Waals surface area contributed by atoms with E-state index < -0.39 is 11.9 Å². The van der Waals surface area contributed by atoms with Gasteiger partial charge in [0, 0.05) is 24.3 Å². The lowest BCUT2D eigenvalue weighted by Crippen LogP contribution is -2.47. The van der Waals surface area contributed by atoms with Gasteiger partial charge < -0.3 is 9.88 Å². The maximum absolute atomic E-state index is 13.9. The van der Waals surface area contributed by atoms with Gasteiger partial charge in [-0.2, -0.15) is 0 Å². The zero-order chi connectivity index (χ0) is 27.2. The molecule has 0 aliphatic heterocycles. The van der Waals surface area contributed by atoms with Gasteiger partial charge in [0.25, 0.3) is 0 Å². The van der Waals surface area contributed by atoms with E-state index in [9.17, 15) is 14.0 Å². The number of hydrogen-bond donors (Lipinski definition) is 1. The highest BCUT2D eigenvalue weighted by Crippen LogP contribution is 2.31. The van der Waals surface area contributed by atoms with Crippen LogP contribution in [-0.4, -0.2) is 38.4 Å². The normalized spacial score (nSPS) is 14.2. The van der Waals surface area contributed by atoms with Crippen LogP contribution in [0.2, 0.25) is 0 Å². The summed E-state index contributed by atoms with van der Waals surface area (Å²) in [7, 11) is 1.86. The van der Waals surface area contributed by atoms with Crippen LogP contribution in [0.3, 0.4) is 0 Å². The third kappa shape index (κ3) is 6.20. The third-order valence-electron chi connectivity index (χ3n) is 6.89. The predicted octanol–water partition coefficient (Wildman–Crippen LogP) is 5.55. The number of carbonyl (C=O) groups is 2. The van der Waals surface area contributed by atoms with Gasteiger partial charge in [0.15, 0.2) is 11.0 Å². The Hall–Kier alpha value is -3.98. The predicted molar refractivity (Wildman–Crippen MR) is 151 cm³/mol. The minimum atomic E-state index is -0.912. The monoisotopic (exact) mass is 543 g/mol. The molecule has 200 valence electrons. The van der Waals surface area contributed by atoms with Crippen molar-refractivity contribution in [2.75, 3.05) is 10.7 Å². The summed E-state index contributed by atoms with van der Waals surface area (Å²) in [6.07, 6.45) is 3.98. The Kier molecular flexibility index (Phi) is 8.36. The van der Waals surface area contributed by atoms with Crippen molar-refractivity contribution in [3.8, 4) is 11.4 Å². The molecule has 5 rings (SSSR count). The van der Waals surface area contributed by atoms with Crippen molar-refractivity contribution in [1.29, 1.82) is 0 Å². The molecule has 3 aromatic carbocycles. The Labute approximate surface area is 231 Å². The fourth-order valence-corrected chi connectivity index (χ4v) is 5.69. The van der Waals surface area contributed by atoms with Gasteiger partial charge in [-0.05, 0) is 42.7 Å². The first-order chi connectivity index (χ1) is 19.0. The van der Waals surface area contributed by atoms with Gasteiger partial charge in [0.05, 0.1) is 5.75 Å². The molecule has 0 bridgehead atoms. The second kappa shape index (κ2) is 12.3. The third-order valence-corrected chi connectivity index (χ3v) is 7.89. The molecule has 1 atom stereocenters. The van der Waals surface area contributed by atoms with Crippen molar-refractivity contribution in [2.45, 2.75) is 42.9 Å². The van der Waals surface area contributed by atoms with E-state index in [0.717, 1.165) is 31.2 Å². The number of benzene rings is 3. The van der Waals surface area contributed by atoms with Crippen LogP contribution < -0.4 is 10.2 Å². The molecule has 1 aliphatic carbocycles. The van der Waals surface area contributed by atoms with E-state index in [-0.39, 0.29) is 23.6 Å². The molecule has 4 aromatic rings. The number of nitrogens with zero attached hydrogens (tertiary/aromatic N) is 4. The molecular weight excluding hydrogens is 513 g/mol. The number of halogens is 1. The second-order valence-corrected chi connectivity index (χ2v) is 10.5. The van der Waals surface area contributed by atoms with Gasteiger partial charge in [0.2, 0.25) is 11.8 Å². The molecule has 0 unspecified atom stereocenters. The molecule has 1 N–H and O–H groups in total. The zero-order valence-corrected chi connectivity index (χ0v) is 22.5. The van der Waals surface area contributed by atoms with E-state index in [1.807, 2.05) is 72.3 Å². The molecule has 1 saturated carbocycles. The maximum atomic E-state index is 13.9. The molecule has 1 aromatic heterocycles. The summed E-state index contributed by atoms with van der Waals surface area (Å²) in [6.45, 7) is 0. The van der Waals surface area contributed by atoms with E-state index in [1.54, 1.807) is 0 Å². The lowest BCUT2D eigenvalue weighted by atomic mass is 10.0. The van der Waals surface area contributed by atoms with Crippen LogP contribution in [0.4, 0.5) is 10.1 Å². The molecule has 0 saturated heterocycles. The lowest BCUT2D eigenvalue weighted by Gasteiger charge is -2.32. The molecule has 2 amide bonds. The largest absolute Gasteiger partial charge is 0.351 e. The van der Waals surface area contributed by atoms with Crippen molar-refractivity contribution in [1.82, 2.24) is 20.1 Å². The standard InChI is InChI=1S/C30H30FN5O2S/c1-35-28(22-12-6-3-7-13-22)33-34-30(35)39-20-26(37)36(25-18-16-23(31)17-19-25)27(21-10-4-2-5-11-21)29(38)32-24-14-8-9-15-24/h2-7,10-13,16-19,24,27H,8-9,14-15,20H2,1H3,(H,32,38)/t27-/m0/s1. The zero-order valence-electron chi connectivity index (χ0n) is 21.7. The first-order valence-electron chi connectivity index (χ1n) is 13.0. The van der Waals surface area contributed by atoms with Gasteiger partial charge in [-0.25, -0.2) is 4.39 Å². The summed E-state index contributed by atoms with van der Waals surface area (Å²) < 4.78 is 15.7. The van der Waals surface area contributed by atoms with Gasteiger partial charge in [-0.3, -0.25) is 14.5 Å². The number of hydrogen-bond acceptors (Lipinski definition) is 5. The number of carbonyl (C=O) groups excluding carboxylic acids is 2. The Bertz CT molecular complexity index is 1410. The van der Waals surface area contributed by atoms with Crippen LogP contribution >= 0.6 is 11.8 Å². The molecule has 1 fully saturated rings. The SMILES string of the molecule is Cn1c(SCC(=O)N(c2ccc(F)cc2)[C@H](C(=O)NC2CCCC2)c2ccccc2)nnc1-c1ccccc1. The Morgan fingerprint density at radius 1 is 0.974 bits per heavy atom. The molecule has 1 heterocycles. The molecule has 39 heavy (non-hydrogen) atoms. The van der Waals surface area contributed by atoms with Crippen LogP contribution in [0.5, 0.6) is 0 Å². The molecule has 0 spiro atoms. The topological polar surface area (TPSA) is 80.1 Å². The van der Waals surface area contributed by atoms with Gasteiger partial charge in [0.1, 0.15) is 11.9 Å². The summed E-state index contributed by atoms with van der Waals surface area (Å²) in [4.78, 5) is 29.2. The number of amides is 2. The quantitative estimate of drug-likeness (QED) is 0.280.